The van der Waals surface area contributed by atoms with Gasteiger partial charge in [0.05, 0.1) is 6.10 Å². The fraction of sp³-hybridized carbons (Fsp3) is 1.00. The summed E-state index contributed by atoms with van der Waals surface area (Å²) in [5.41, 5.74) is -1.44. The highest BCUT2D eigenvalue weighted by atomic mass is 19.1. The first-order valence-corrected chi connectivity index (χ1v) is 6.50. The van der Waals surface area contributed by atoms with Gasteiger partial charge >= 0.3 is 0 Å². The number of alkyl halides is 1. The summed E-state index contributed by atoms with van der Waals surface area (Å²) in [6.45, 7) is 9.56. The highest BCUT2D eigenvalue weighted by Crippen LogP contribution is 2.54. The lowest BCUT2D eigenvalue weighted by Gasteiger charge is -2.38. The highest BCUT2D eigenvalue weighted by molar-refractivity contribution is 5.02. The van der Waals surface area contributed by atoms with Crippen LogP contribution in [-0.4, -0.2) is 16.9 Å². The Labute approximate surface area is 99.4 Å². The van der Waals surface area contributed by atoms with Crippen molar-refractivity contribution in [2.24, 2.45) is 10.8 Å². The zero-order chi connectivity index (χ0) is 12.6. The molecule has 2 unspecified atom stereocenters. The molecular weight excluding hydrogens is 203 g/mol. The molecule has 0 spiro atoms. The fourth-order valence-electron chi connectivity index (χ4n) is 3.66. The van der Waals surface area contributed by atoms with E-state index in [0.29, 0.717) is 6.42 Å². The summed E-state index contributed by atoms with van der Waals surface area (Å²) in [6, 6.07) is 0. The van der Waals surface area contributed by atoms with Crippen LogP contribution in [0.3, 0.4) is 0 Å². The lowest BCUT2D eigenvalue weighted by atomic mass is 9.72. The largest absolute Gasteiger partial charge is 0.392 e. The third kappa shape index (κ3) is 2.77. The molecule has 0 bridgehead atoms. The predicted molar refractivity (Wildman–Crippen MR) is 66.2 cm³/mol. The average molecular weight is 230 g/mol. The summed E-state index contributed by atoms with van der Waals surface area (Å²) in [6.07, 6.45) is 4.18. The second kappa shape index (κ2) is 4.29. The van der Waals surface area contributed by atoms with Crippen molar-refractivity contribution in [3.8, 4) is 0 Å². The number of aliphatic hydroxyl groups excluding tert-OH is 1. The van der Waals surface area contributed by atoms with E-state index in [-0.39, 0.29) is 16.9 Å². The Hall–Kier alpha value is -0.110. The standard InChI is InChI=1S/C14H27FO/c1-6-7-13(4)8-9-14(5,11(13)16)10-12(2,3)15/h11,16H,6-10H2,1-5H3/t11-,13?,14?/m0/s1. The van der Waals surface area contributed by atoms with Gasteiger partial charge < -0.3 is 5.11 Å². The number of hydrogen-bond donors (Lipinski definition) is 1. The van der Waals surface area contributed by atoms with E-state index in [9.17, 15) is 9.50 Å². The maximum Gasteiger partial charge on any atom is 0.106 e. The molecule has 1 aliphatic carbocycles. The third-order valence-electron chi connectivity index (χ3n) is 4.23. The van der Waals surface area contributed by atoms with Gasteiger partial charge in [0.2, 0.25) is 0 Å². The summed E-state index contributed by atoms with van der Waals surface area (Å²) in [5, 5.41) is 10.5. The van der Waals surface area contributed by atoms with Gasteiger partial charge in [-0.25, -0.2) is 4.39 Å². The van der Waals surface area contributed by atoms with Crippen LogP contribution >= 0.6 is 0 Å². The molecule has 1 rings (SSSR count). The summed E-state index contributed by atoms with van der Waals surface area (Å²) in [5.74, 6) is 0. The molecule has 1 fully saturated rings. The maximum absolute atomic E-state index is 13.8. The van der Waals surface area contributed by atoms with E-state index in [1.165, 1.54) is 0 Å². The van der Waals surface area contributed by atoms with Crippen LogP contribution in [0.25, 0.3) is 0 Å². The van der Waals surface area contributed by atoms with Gasteiger partial charge in [-0.1, -0.05) is 27.2 Å². The summed E-state index contributed by atoms with van der Waals surface area (Å²) < 4.78 is 13.8. The van der Waals surface area contributed by atoms with Gasteiger partial charge in [-0.3, -0.25) is 0 Å². The normalized spacial score (nSPS) is 40.3. The molecule has 0 aromatic carbocycles. The fourth-order valence-corrected chi connectivity index (χ4v) is 3.66. The topological polar surface area (TPSA) is 20.2 Å². The minimum Gasteiger partial charge on any atom is -0.392 e. The van der Waals surface area contributed by atoms with Crippen LogP contribution in [0.4, 0.5) is 4.39 Å². The molecule has 0 heterocycles. The first-order chi connectivity index (χ1) is 7.13. The SMILES string of the molecule is CCCC1(C)CCC(C)(CC(C)(C)F)[C@H]1O. The number of rotatable bonds is 4. The molecule has 1 nitrogen and oxygen atoms in total. The first kappa shape index (κ1) is 14.0. The van der Waals surface area contributed by atoms with E-state index in [1.54, 1.807) is 13.8 Å². The zero-order valence-corrected chi connectivity index (χ0v) is 11.4. The average Bonchev–Trinajstić information content (AvgIpc) is 2.29. The summed E-state index contributed by atoms with van der Waals surface area (Å²) in [7, 11) is 0. The van der Waals surface area contributed by atoms with Crippen LogP contribution in [0.5, 0.6) is 0 Å². The van der Waals surface area contributed by atoms with Crippen LogP contribution in [0.2, 0.25) is 0 Å². The monoisotopic (exact) mass is 230 g/mol. The number of hydrogen-bond acceptors (Lipinski definition) is 1. The van der Waals surface area contributed by atoms with Gasteiger partial charge in [0.25, 0.3) is 0 Å². The molecule has 0 saturated heterocycles. The molecule has 0 aromatic rings. The molecule has 2 heteroatoms. The van der Waals surface area contributed by atoms with Crippen LogP contribution in [-0.2, 0) is 0 Å². The predicted octanol–water partition coefficient (Wildman–Crippen LogP) is 4.09. The zero-order valence-electron chi connectivity index (χ0n) is 11.4. The molecule has 0 aliphatic heterocycles. The van der Waals surface area contributed by atoms with E-state index in [2.05, 4.69) is 13.8 Å². The van der Waals surface area contributed by atoms with Crippen molar-refractivity contribution in [2.45, 2.75) is 78.5 Å². The van der Waals surface area contributed by atoms with Crippen molar-refractivity contribution in [1.82, 2.24) is 0 Å². The molecule has 3 atom stereocenters. The van der Waals surface area contributed by atoms with E-state index < -0.39 is 5.67 Å². The van der Waals surface area contributed by atoms with Gasteiger partial charge in [0.15, 0.2) is 0 Å². The molecule has 1 N–H and O–H groups in total. The molecule has 1 aliphatic rings. The smallest absolute Gasteiger partial charge is 0.106 e. The van der Waals surface area contributed by atoms with Crippen LogP contribution < -0.4 is 0 Å². The minimum atomic E-state index is -1.19. The van der Waals surface area contributed by atoms with E-state index in [4.69, 9.17) is 0 Å². The van der Waals surface area contributed by atoms with Crippen molar-refractivity contribution in [3.05, 3.63) is 0 Å². The van der Waals surface area contributed by atoms with Crippen LogP contribution in [0.1, 0.15) is 66.7 Å². The quantitative estimate of drug-likeness (QED) is 0.771. The van der Waals surface area contributed by atoms with Gasteiger partial charge in [-0.05, 0) is 50.4 Å². The van der Waals surface area contributed by atoms with Gasteiger partial charge in [-0.15, -0.1) is 0 Å². The van der Waals surface area contributed by atoms with Crippen molar-refractivity contribution >= 4 is 0 Å². The van der Waals surface area contributed by atoms with Gasteiger partial charge in [-0.2, -0.15) is 0 Å². The molecular formula is C14H27FO. The minimum absolute atomic E-state index is 0.00521. The van der Waals surface area contributed by atoms with Gasteiger partial charge in [0.1, 0.15) is 5.67 Å². The Morgan fingerprint density at radius 1 is 1.25 bits per heavy atom. The molecule has 1 saturated carbocycles. The Balaban J connectivity index is 2.79. The maximum atomic E-state index is 13.8. The lowest BCUT2D eigenvalue weighted by molar-refractivity contribution is -0.0366. The van der Waals surface area contributed by atoms with Gasteiger partial charge in [0, 0.05) is 0 Å². The lowest BCUT2D eigenvalue weighted by Crippen LogP contribution is -2.40. The number of halogens is 1. The van der Waals surface area contributed by atoms with Crippen LogP contribution in [0, 0.1) is 10.8 Å². The Morgan fingerprint density at radius 3 is 2.19 bits per heavy atom. The highest BCUT2D eigenvalue weighted by Gasteiger charge is 2.52. The molecule has 0 radical (unpaired) electrons. The molecule has 96 valence electrons. The van der Waals surface area contributed by atoms with Crippen molar-refractivity contribution in [2.75, 3.05) is 0 Å². The Bertz CT molecular complexity index is 246. The van der Waals surface area contributed by atoms with E-state index in [1.807, 2.05) is 6.92 Å². The molecule has 0 aromatic heterocycles. The molecule has 16 heavy (non-hydrogen) atoms. The summed E-state index contributed by atoms with van der Waals surface area (Å²) >= 11 is 0. The van der Waals surface area contributed by atoms with E-state index >= 15 is 0 Å². The van der Waals surface area contributed by atoms with Crippen molar-refractivity contribution in [3.63, 3.8) is 0 Å². The second-order valence-electron chi connectivity index (χ2n) is 6.86. The Morgan fingerprint density at radius 2 is 1.75 bits per heavy atom. The van der Waals surface area contributed by atoms with Crippen LogP contribution in [0.15, 0.2) is 0 Å². The first-order valence-electron chi connectivity index (χ1n) is 6.50. The summed E-state index contributed by atoms with van der Waals surface area (Å²) in [4.78, 5) is 0. The third-order valence-corrected chi connectivity index (χ3v) is 4.23. The number of aliphatic hydroxyl groups is 1. The second-order valence-corrected chi connectivity index (χ2v) is 6.86. The van der Waals surface area contributed by atoms with Crippen molar-refractivity contribution < 1.29 is 9.50 Å². The van der Waals surface area contributed by atoms with E-state index in [0.717, 1.165) is 25.7 Å². The van der Waals surface area contributed by atoms with Crippen molar-refractivity contribution in [1.29, 1.82) is 0 Å². The Kier molecular flexibility index (Phi) is 3.74. The molecule has 0 amide bonds.